The van der Waals surface area contributed by atoms with Crippen molar-refractivity contribution in [3.05, 3.63) is 28.4 Å². The first-order chi connectivity index (χ1) is 9.75. The van der Waals surface area contributed by atoms with Crippen LogP contribution in [-0.2, 0) is 6.42 Å². The van der Waals surface area contributed by atoms with Gasteiger partial charge in [-0.2, -0.15) is 0 Å². The topological polar surface area (TPSA) is 37.8 Å². The maximum absolute atomic E-state index is 4.61. The minimum absolute atomic E-state index is 0. The van der Waals surface area contributed by atoms with Crippen molar-refractivity contribution in [1.29, 1.82) is 0 Å². The number of hydrogen-bond donors (Lipinski definition) is 1. The second-order valence-electron chi connectivity index (χ2n) is 4.06. The fourth-order valence-electron chi connectivity index (χ4n) is 2.09. The summed E-state index contributed by atoms with van der Waals surface area (Å²) in [5.41, 5.74) is 3.70. The van der Waals surface area contributed by atoms with Gasteiger partial charge in [0.25, 0.3) is 0 Å². The molecule has 0 fully saturated rings. The van der Waals surface area contributed by atoms with E-state index < -0.39 is 0 Å². The molecule has 4 heteroatoms. The molecule has 0 radical (unpaired) electrons. The van der Waals surface area contributed by atoms with Crippen LogP contribution in [0.5, 0.6) is 0 Å². The van der Waals surface area contributed by atoms with Gasteiger partial charge in [-0.15, -0.1) is 11.3 Å². The van der Waals surface area contributed by atoms with Gasteiger partial charge in [0.15, 0.2) is 0 Å². The summed E-state index contributed by atoms with van der Waals surface area (Å²) in [6.07, 6.45) is 1.03. The molecule has 3 nitrogen and oxygen atoms in total. The molecule has 3 rings (SSSR count). The summed E-state index contributed by atoms with van der Waals surface area (Å²) >= 11 is 1.76. The van der Waals surface area contributed by atoms with Gasteiger partial charge in [0.05, 0.1) is 10.6 Å². The molecule has 0 aliphatic carbocycles. The average molecular weight is 293 g/mol. The Bertz CT molecular complexity index is 552. The molecule has 2 aromatic rings. The van der Waals surface area contributed by atoms with E-state index in [0.717, 1.165) is 30.3 Å². The zero-order chi connectivity index (χ0) is 15.1. The molecule has 0 saturated carbocycles. The van der Waals surface area contributed by atoms with Crippen molar-refractivity contribution in [1.82, 2.24) is 9.97 Å². The summed E-state index contributed by atoms with van der Waals surface area (Å²) < 4.78 is 0. The highest BCUT2D eigenvalue weighted by Gasteiger charge is 2.20. The molecular weight excluding hydrogens is 266 g/mol. The molecule has 0 unspecified atom stereocenters. The third-order valence-electron chi connectivity index (χ3n) is 2.86. The molecular formula is C16H27N3S. The summed E-state index contributed by atoms with van der Waals surface area (Å²) in [6.45, 7) is 13.1. The van der Waals surface area contributed by atoms with Gasteiger partial charge in [0, 0.05) is 13.5 Å². The lowest BCUT2D eigenvalue weighted by Crippen LogP contribution is -1.98. The summed E-state index contributed by atoms with van der Waals surface area (Å²) in [5.74, 6) is 1.87. The first-order valence-electron chi connectivity index (χ1n) is 7.41. The summed E-state index contributed by atoms with van der Waals surface area (Å²) in [5, 5.41) is 5.44. The number of hydrogen-bond acceptors (Lipinski definition) is 4. The predicted octanol–water partition coefficient (Wildman–Crippen LogP) is 5.09. The van der Waals surface area contributed by atoms with Crippen molar-refractivity contribution in [3.8, 4) is 10.6 Å². The molecule has 0 aromatic carbocycles. The largest absolute Gasteiger partial charge is 0.369 e. The van der Waals surface area contributed by atoms with E-state index in [0.29, 0.717) is 0 Å². The van der Waals surface area contributed by atoms with Crippen molar-refractivity contribution in [3.63, 3.8) is 0 Å². The third kappa shape index (κ3) is 3.37. The van der Waals surface area contributed by atoms with Gasteiger partial charge >= 0.3 is 0 Å². The zero-order valence-electron chi connectivity index (χ0n) is 13.4. The van der Waals surface area contributed by atoms with Gasteiger partial charge in [0.2, 0.25) is 0 Å². The Morgan fingerprint density at radius 3 is 2.45 bits per heavy atom. The average Bonchev–Trinajstić information content (AvgIpc) is 3.11. The lowest BCUT2D eigenvalue weighted by molar-refractivity contribution is 1.04. The van der Waals surface area contributed by atoms with Gasteiger partial charge in [-0.3, -0.25) is 0 Å². The standard InChI is InChI=1S/C12H13N3S.2C2H6.H2/c1-7-4-6-16-11(7)10-9-3-5-13-12(9)15-8(2)14-10;2*1-2;/h4,6H,3,5H2,1-2H3,(H,13,14,15);2*1-2H3;1H. The van der Waals surface area contributed by atoms with Crippen molar-refractivity contribution in [2.24, 2.45) is 0 Å². The predicted molar refractivity (Wildman–Crippen MR) is 91.8 cm³/mol. The fourth-order valence-corrected chi connectivity index (χ4v) is 3.03. The first-order valence-corrected chi connectivity index (χ1v) is 8.29. The molecule has 112 valence electrons. The van der Waals surface area contributed by atoms with E-state index in [4.69, 9.17) is 0 Å². The zero-order valence-corrected chi connectivity index (χ0v) is 14.2. The molecule has 20 heavy (non-hydrogen) atoms. The quantitative estimate of drug-likeness (QED) is 0.796. The third-order valence-corrected chi connectivity index (χ3v) is 3.89. The molecule has 1 aliphatic rings. The summed E-state index contributed by atoms with van der Waals surface area (Å²) in [7, 11) is 0. The van der Waals surface area contributed by atoms with Gasteiger partial charge in [-0.25, -0.2) is 9.97 Å². The molecule has 1 aliphatic heterocycles. The Labute approximate surface area is 128 Å². The fraction of sp³-hybridized carbons (Fsp3) is 0.500. The monoisotopic (exact) mass is 293 g/mol. The first kappa shape index (κ1) is 16.6. The Morgan fingerprint density at radius 2 is 1.85 bits per heavy atom. The van der Waals surface area contributed by atoms with Crippen LogP contribution in [0, 0.1) is 13.8 Å². The maximum atomic E-state index is 4.61. The Kier molecular flexibility index (Phi) is 6.65. The molecule has 0 amide bonds. The van der Waals surface area contributed by atoms with Crippen molar-refractivity contribution in [2.75, 3.05) is 11.9 Å². The lowest BCUT2D eigenvalue weighted by atomic mass is 10.1. The Hall–Kier alpha value is -1.42. The lowest BCUT2D eigenvalue weighted by Gasteiger charge is -2.07. The highest BCUT2D eigenvalue weighted by Crippen LogP contribution is 2.34. The van der Waals surface area contributed by atoms with Crippen molar-refractivity contribution < 1.29 is 1.43 Å². The minimum atomic E-state index is 0. The van der Waals surface area contributed by atoms with Gasteiger partial charge in [-0.05, 0) is 37.3 Å². The van der Waals surface area contributed by atoms with Crippen LogP contribution in [0.3, 0.4) is 0 Å². The number of fused-ring (bicyclic) bond motifs is 1. The molecule has 0 saturated heterocycles. The Balaban J connectivity index is 0.000000741. The summed E-state index contributed by atoms with van der Waals surface area (Å²) in [6, 6.07) is 2.15. The van der Waals surface area contributed by atoms with E-state index in [-0.39, 0.29) is 1.43 Å². The molecule has 3 heterocycles. The Morgan fingerprint density at radius 1 is 1.15 bits per heavy atom. The van der Waals surface area contributed by atoms with E-state index in [1.807, 2.05) is 34.6 Å². The van der Waals surface area contributed by atoms with Crippen LogP contribution in [0.4, 0.5) is 5.82 Å². The van der Waals surface area contributed by atoms with E-state index in [1.165, 1.54) is 16.0 Å². The van der Waals surface area contributed by atoms with Gasteiger partial charge in [0.1, 0.15) is 11.6 Å². The van der Waals surface area contributed by atoms with Gasteiger partial charge in [-0.1, -0.05) is 27.7 Å². The van der Waals surface area contributed by atoms with E-state index >= 15 is 0 Å². The van der Waals surface area contributed by atoms with Gasteiger partial charge < -0.3 is 5.32 Å². The number of thiophene rings is 1. The highest BCUT2D eigenvalue weighted by atomic mass is 32.1. The SMILES string of the molecule is CC.CC.Cc1nc2c(c(-c3sccc3C)n1)CCN2.[HH]. The maximum Gasteiger partial charge on any atom is 0.133 e. The number of aryl methyl sites for hydroxylation is 2. The van der Waals surface area contributed by atoms with Crippen molar-refractivity contribution in [2.45, 2.75) is 48.0 Å². The van der Waals surface area contributed by atoms with Crippen LogP contribution in [-0.4, -0.2) is 16.5 Å². The molecule has 2 aromatic heterocycles. The van der Waals surface area contributed by atoms with E-state index in [9.17, 15) is 0 Å². The second-order valence-corrected chi connectivity index (χ2v) is 4.97. The number of rotatable bonds is 1. The van der Waals surface area contributed by atoms with E-state index in [2.05, 4.69) is 33.7 Å². The molecule has 1 N–H and O–H groups in total. The number of aromatic nitrogens is 2. The smallest absolute Gasteiger partial charge is 0.133 e. The van der Waals surface area contributed by atoms with Crippen LogP contribution >= 0.6 is 11.3 Å². The molecule has 0 atom stereocenters. The van der Waals surface area contributed by atoms with E-state index in [1.54, 1.807) is 11.3 Å². The highest BCUT2D eigenvalue weighted by molar-refractivity contribution is 7.13. The van der Waals surface area contributed by atoms with Crippen molar-refractivity contribution >= 4 is 17.2 Å². The van der Waals surface area contributed by atoms with Crippen LogP contribution in [0.1, 0.15) is 46.1 Å². The van der Waals surface area contributed by atoms with Crippen LogP contribution < -0.4 is 5.32 Å². The second kappa shape index (κ2) is 8.00. The number of nitrogens with one attached hydrogen (secondary N) is 1. The number of anilines is 1. The van der Waals surface area contributed by atoms with Crippen LogP contribution in [0.2, 0.25) is 0 Å². The molecule has 0 spiro atoms. The summed E-state index contributed by atoms with van der Waals surface area (Å²) in [4.78, 5) is 10.3. The normalized spacial score (nSPS) is 11.5. The van der Waals surface area contributed by atoms with Crippen LogP contribution in [0.25, 0.3) is 10.6 Å². The number of nitrogens with zero attached hydrogens (tertiary/aromatic N) is 2. The van der Waals surface area contributed by atoms with Crippen LogP contribution in [0.15, 0.2) is 11.4 Å². The molecule has 0 bridgehead atoms. The minimum Gasteiger partial charge on any atom is -0.369 e.